The van der Waals surface area contributed by atoms with Gasteiger partial charge in [0, 0.05) is 35.0 Å². The third-order valence-corrected chi connectivity index (χ3v) is 4.89. The summed E-state index contributed by atoms with van der Waals surface area (Å²) in [5, 5.41) is 2.93. The van der Waals surface area contributed by atoms with E-state index in [2.05, 4.69) is 21.2 Å². The van der Waals surface area contributed by atoms with Gasteiger partial charge in [-0.3, -0.25) is 9.59 Å². The number of nitrogens with zero attached hydrogens (tertiary/aromatic N) is 1. The maximum absolute atomic E-state index is 12.2. The highest BCUT2D eigenvalue weighted by Crippen LogP contribution is 2.27. The van der Waals surface area contributed by atoms with Gasteiger partial charge in [0.05, 0.1) is 13.2 Å². The topological polar surface area (TPSA) is 58.6 Å². The highest BCUT2D eigenvalue weighted by atomic mass is 79.9. The summed E-state index contributed by atoms with van der Waals surface area (Å²) in [6.45, 7) is 0.443. The lowest BCUT2D eigenvalue weighted by atomic mass is 10.0. The number of benzene rings is 2. The Morgan fingerprint density at radius 3 is 2.37 bits per heavy atom. The zero-order valence-electron chi connectivity index (χ0n) is 15.9. The van der Waals surface area contributed by atoms with Crippen molar-refractivity contribution in [3.05, 3.63) is 64.1 Å². The molecule has 0 fully saturated rings. The maximum Gasteiger partial charge on any atom is 0.220 e. The van der Waals surface area contributed by atoms with Crippen LogP contribution in [-0.4, -0.2) is 44.3 Å². The molecule has 0 aliphatic rings. The Kier molecular flexibility index (Phi) is 8.00. The Morgan fingerprint density at radius 2 is 1.74 bits per heavy atom. The largest absolute Gasteiger partial charge is 0.496 e. The van der Waals surface area contributed by atoms with E-state index in [9.17, 15) is 9.59 Å². The lowest BCUT2D eigenvalue weighted by molar-refractivity contribution is -0.121. The number of halogens is 1. The zero-order chi connectivity index (χ0) is 19.8. The summed E-state index contributed by atoms with van der Waals surface area (Å²) >= 11 is 3.34. The summed E-state index contributed by atoms with van der Waals surface area (Å²) in [6, 6.07) is 14.9. The Morgan fingerprint density at radius 1 is 1.07 bits per heavy atom. The van der Waals surface area contributed by atoms with Crippen molar-refractivity contribution in [3.8, 4) is 5.75 Å². The first-order valence-corrected chi connectivity index (χ1v) is 9.56. The predicted octanol–water partition coefficient (Wildman–Crippen LogP) is 3.84. The zero-order valence-corrected chi connectivity index (χ0v) is 17.5. The van der Waals surface area contributed by atoms with Crippen LogP contribution in [0.3, 0.4) is 0 Å². The van der Waals surface area contributed by atoms with E-state index >= 15 is 0 Å². The van der Waals surface area contributed by atoms with Crippen molar-refractivity contribution in [1.29, 1.82) is 0 Å². The molecule has 6 heteroatoms. The minimum absolute atomic E-state index is 0.0210. The Hall–Kier alpha value is -2.18. The average Bonchev–Trinajstić information content (AvgIpc) is 2.67. The molecule has 2 aromatic carbocycles. The molecular weight excluding hydrogens is 408 g/mol. The number of amides is 1. The molecule has 144 valence electrons. The van der Waals surface area contributed by atoms with Crippen molar-refractivity contribution in [3.63, 3.8) is 0 Å². The summed E-state index contributed by atoms with van der Waals surface area (Å²) in [4.78, 5) is 26.4. The molecule has 0 aliphatic carbocycles. The van der Waals surface area contributed by atoms with E-state index in [1.54, 1.807) is 19.2 Å². The van der Waals surface area contributed by atoms with Gasteiger partial charge in [-0.25, -0.2) is 0 Å². The van der Waals surface area contributed by atoms with Crippen LogP contribution in [0.5, 0.6) is 5.75 Å². The van der Waals surface area contributed by atoms with Gasteiger partial charge in [0.2, 0.25) is 5.91 Å². The molecular formula is C21H25BrN2O3. The highest BCUT2D eigenvalue weighted by molar-refractivity contribution is 9.10. The van der Waals surface area contributed by atoms with Crippen LogP contribution >= 0.6 is 15.9 Å². The van der Waals surface area contributed by atoms with Crippen molar-refractivity contribution < 1.29 is 14.3 Å². The minimum Gasteiger partial charge on any atom is -0.496 e. The molecule has 0 spiro atoms. The first-order chi connectivity index (χ1) is 12.9. The Bertz CT molecular complexity index is 775. The fourth-order valence-electron chi connectivity index (χ4n) is 2.82. The quantitative estimate of drug-likeness (QED) is 0.611. The molecule has 1 N–H and O–H groups in total. The molecule has 2 aromatic rings. The smallest absolute Gasteiger partial charge is 0.220 e. The van der Waals surface area contributed by atoms with Gasteiger partial charge in [-0.15, -0.1) is 0 Å². The van der Waals surface area contributed by atoms with Crippen LogP contribution in [0.4, 0.5) is 0 Å². The molecule has 0 saturated heterocycles. The monoisotopic (exact) mass is 432 g/mol. The van der Waals surface area contributed by atoms with Crippen molar-refractivity contribution in [1.82, 2.24) is 10.2 Å². The van der Waals surface area contributed by atoms with Crippen LogP contribution < -0.4 is 10.1 Å². The van der Waals surface area contributed by atoms with E-state index in [1.807, 2.05) is 55.4 Å². The molecule has 1 amide bonds. The SMILES string of the molecule is COc1ccccc1C(CNC(=O)CCC(=O)c1ccc(Br)cc1)N(C)C. The van der Waals surface area contributed by atoms with Gasteiger partial charge in [-0.05, 0) is 32.3 Å². The number of likely N-dealkylation sites (N-methyl/N-ethyl adjacent to an activating group) is 1. The Balaban J connectivity index is 1.90. The number of carbonyl (C=O) groups excluding carboxylic acids is 2. The summed E-state index contributed by atoms with van der Waals surface area (Å²) in [6.07, 6.45) is 0.357. The number of nitrogens with one attached hydrogen (secondary N) is 1. The first-order valence-electron chi connectivity index (χ1n) is 8.77. The molecule has 0 aliphatic heterocycles. The first kappa shape index (κ1) is 21.1. The van der Waals surface area contributed by atoms with Crippen molar-refractivity contribution in [2.75, 3.05) is 27.7 Å². The lowest BCUT2D eigenvalue weighted by Crippen LogP contribution is -2.34. The molecule has 1 unspecified atom stereocenters. The number of hydrogen-bond donors (Lipinski definition) is 1. The van der Waals surface area contributed by atoms with E-state index in [-0.39, 0.29) is 30.6 Å². The molecule has 0 heterocycles. The van der Waals surface area contributed by atoms with E-state index in [1.165, 1.54) is 0 Å². The molecule has 2 rings (SSSR count). The second-order valence-electron chi connectivity index (χ2n) is 6.46. The fourth-order valence-corrected chi connectivity index (χ4v) is 3.08. The second kappa shape index (κ2) is 10.2. The normalized spacial score (nSPS) is 11.9. The molecule has 0 aromatic heterocycles. The second-order valence-corrected chi connectivity index (χ2v) is 7.37. The minimum atomic E-state index is -0.137. The highest BCUT2D eigenvalue weighted by Gasteiger charge is 2.19. The van der Waals surface area contributed by atoms with Gasteiger partial charge in [-0.1, -0.05) is 46.3 Å². The van der Waals surface area contributed by atoms with Crippen molar-refractivity contribution in [2.45, 2.75) is 18.9 Å². The summed E-state index contributed by atoms with van der Waals surface area (Å²) in [5.41, 5.74) is 1.63. The van der Waals surface area contributed by atoms with Gasteiger partial charge >= 0.3 is 0 Å². The summed E-state index contributed by atoms with van der Waals surface area (Å²) < 4.78 is 6.35. The van der Waals surface area contributed by atoms with Crippen LogP contribution in [0.15, 0.2) is 53.0 Å². The number of carbonyl (C=O) groups is 2. The number of rotatable bonds is 9. The molecule has 27 heavy (non-hydrogen) atoms. The summed E-state index contributed by atoms with van der Waals surface area (Å²) in [5.74, 6) is 0.615. The van der Waals surface area contributed by atoms with Gasteiger partial charge in [-0.2, -0.15) is 0 Å². The van der Waals surface area contributed by atoms with Crippen LogP contribution in [0.1, 0.15) is 34.8 Å². The number of ketones is 1. The van der Waals surface area contributed by atoms with E-state index in [0.29, 0.717) is 12.1 Å². The van der Waals surface area contributed by atoms with Crippen molar-refractivity contribution in [2.24, 2.45) is 0 Å². The van der Waals surface area contributed by atoms with Gasteiger partial charge in [0.15, 0.2) is 5.78 Å². The van der Waals surface area contributed by atoms with Gasteiger partial charge < -0.3 is 15.0 Å². The molecule has 5 nitrogen and oxygen atoms in total. The molecule has 1 atom stereocenters. The fraction of sp³-hybridized carbons (Fsp3) is 0.333. The van der Waals surface area contributed by atoms with Crippen LogP contribution in [0, 0.1) is 0 Å². The standard InChI is InChI=1S/C21H25BrN2O3/c1-24(2)18(17-6-4-5-7-20(17)27-3)14-23-21(26)13-12-19(25)15-8-10-16(22)11-9-15/h4-11,18H,12-14H2,1-3H3,(H,23,26). The lowest BCUT2D eigenvalue weighted by Gasteiger charge is -2.26. The van der Waals surface area contributed by atoms with E-state index in [4.69, 9.17) is 4.74 Å². The third-order valence-electron chi connectivity index (χ3n) is 4.36. The van der Waals surface area contributed by atoms with Crippen LogP contribution in [0.2, 0.25) is 0 Å². The van der Waals surface area contributed by atoms with E-state index in [0.717, 1.165) is 15.8 Å². The maximum atomic E-state index is 12.2. The van der Waals surface area contributed by atoms with Gasteiger partial charge in [0.25, 0.3) is 0 Å². The molecule has 0 bridgehead atoms. The number of Topliss-reactive ketones (excluding diaryl/α,β-unsaturated/α-hetero) is 1. The van der Waals surface area contributed by atoms with E-state index < -0.39 is 0 Å². The summed E-state index contributed by atoms with van der Waals surface area (Å²) in [7, 11) is 5.55. The van der Waals surface area contributed by atoms with Crippen LogP contribution in [-0.2, 0) is 4.79 Å². The van der Waals surface area contributed by atoms with Gasteiger partial charge in [0.1, 0.15) is 5.75 Å². The molecule has 0 radical (unpaired) electrons. The number of ether oxygens (including phenoxy) is 1. The predicted molar refractivity (Wildman–Crippen MR) is 110 cm³/mol. The number of para-hydroxylation sites is 1. The third kappa shape index (κ3) is 6.19. The average molecular weight is 433 g/mol. The van der Waals surface area contributed by atoms with Crippen molar-refractivity contribution >= 4 is 27.6 Å². The number of methoxy groups -OCH3 is 1. The molecule has 0 saturated carbocycles. The number of hydrogen-bond acceptors (Lipinski definition) is 4. The van der Waals surface area contributed by atoms with Crippen LogP contribution in [0.25, 0.3) is 0 Å². The Labute approximate surface area is 168 Å².